The molecule has 2 rings (SSSR count). The van der Waals surface area contributed by atoms with Gasteiger partial charge in [-0.2, -0.15) is 0 Å². The number of likely N-dealkylation sites (tertiary alicyclic amines) is 1. The van der Waals surface area contributed by atoms with Gasteiger partial charge in [0.25, 0.3) is 0 Å². The van der Waals surface area contributed by atoms with Crippen molar-refractivity contribution in [2.45, 2.75) is 43.9 Å². The lowest BCUT2D eigenvalue weighted by Crippen LogP contribution is -2.41. The summed E-state index contributed by atoms with van der Waals surface area (Å²) in [5.74, 6) is 2.04. The topological polar surface area (TPSA) is 46.3 Å². The number of nitrogens with two attached hydrogens (primary N) is 1. The van der Waals surface area contributed by atoms with Gasteiger partial charge in [-0.1, -0.05) is 6.42 Å². The number of amides is 1. The van der Waals surface area contributed by atoms with Gasteiger partial charge in [0.15, 0.2) is 0 Å². The monoisotopic (exact) mass is 242 g/mol. The molecule has 2 saturated heterocycles. The third kappa shape index (κ3) is 2.54. The minimum absolute atomic E-state index is 0.229. The Kier molecular flexibility index (Phi) is 4.14. The van der Waals surface area contributed by atoms with Crippen LogP contribution in [0.15, 0.2) is 0 Å². The SMILES string of the molecule is CC1CC(CN)CN1C(=O)C1CCCCS1. The van der Waals surface area contributed by atoms with Gasteiger partial charge in [-0.25, -0.2) is 0 Å². The fraction of sp³-hybridized carbons (Fsp3) is 0.917. The van der Waals surface area contributed by atoms with Gasteiger partial charge < -0.3 is 10.6 Å². The second-order valence-corrected chi connectivity index (χ2v) is 6.34. The summed E-state index contributed by atoms with van der Waals surface area (Å²) in [6.07, 6.45) is 4.64. The maximum atomic E-state index is 12.3. The van der Waals surface area contributed by atoms with Crippen molar-refractivity contribution in [1.82, 2.24) is 4.90 Å². The minimum Gasteiger partial charge on any atom is -0.339 e. The molecule has 2 aliphatic rings. The molecule has 3 nitrogen and oxygen atoms in total. The smallest absolute Gasteiger partial charge is 0.235 e. The molecule has 0 saturated carbocycles. The predicted molar refractivity (Wildman–Crippen MR) is 68.4 cm³/mol. The summed E-state index contributed by atoms with van der Waals surface area (Å²) in [6, 6.07) is 0.392. The normalized spacial score (nSPS) is 35.4. The van der Waals surface area contributed by atoms with Crippen molar-refractivity contribution in [3.63, 3.8) is 0 Å². The summed E-state index contributed by atoms with van der Waals surface area (Å²) in [7, 11) is 0. The molecule has 3 unspecified atom stereocenters. The molecular weight excluding hydrogens is 220 g/mol. The molecule has 0 aromatic carbocycles. The molecule has 3 atom stereocenters. The largest absolute Gasteiger partial charge is 0.339 e. The van der Waals surface area contributed by atoms with E-state index in [1.807, 2.05) is 11.8 Å². The number of carbonyl (C=O) groups is 1. The zero-order valence-corrected chi connectivity index (χ0v) is 10.8. The molecule has 2 aliphatic heterocycles. The maximum absolute atomic E-state index is 12.3. The molecule has 2 N–H and O–H groups in total. The van der Waals surface area contributed by atoms with Crippen LogP contribution >= 0.6 is 11.8 Å². The number of thioether (sulfide) groups is 1. The average Bonchev–Trinajstić information content (AvgIpc) is 2.71. The number of nitrogens with zero attached hydrogens (tertiary/aromatic N) is 1. The Morgan fingerprint density at radius 3 is 2.88 bits per heavy atom. The first kappa shape index (κ1) is 12.2. The number of carbonyl (C=O) groups excluding carboxylic acids is 1. The van der Waals surface area contributed by atoms with Gasteiger partial charge in [0.1, 0.15) is 0 Å². The van der Waals surface area contributed by atoms with Crippen LogP contribution in [-0.4, -0.2) is 40.9 Å². The van der Waals surface area contributed by atoms with E-state index in [1.165, 1.54) is 12.8 Å². The van der Waals surface area contributed by atoms with Gasteiger partial charge in [0.2, 0.25) is 5.91 Å². The Balaban J connectivity index is 1.93. The lowest BCUT2D eigenvalue weighted by molar-refractivity contribution is -0.131. The van der Waals surface area contributed by atoms with Crippen LogP contribution in [0.5, 0.6) is 0 Å². The molecule has 0 radical (unpaired) electrons. The molecule has 0 aromatic heterocycles. The van der Waals surface area contributed by atoms with Crippen molar-refractivity contribution in [3.8, 4) is 0 Å². The second kappa shape index (κ2) is 5.41. The van der Waals surface area contributed by atoms with Crippen molar-refractivity contribution in [1.29, 1.82) is 0 Å². The molecule has 4 heteroatoms. The third-order valence-electron chi connectivity index (χ3n) is 3.73. The van der Waals surface area contributed by atoms with Gasteiger partial charge in [-0.3, -0.25) is 4.79 Å². The van der Waals surface area contributed by atoms with Crippen LogP contribution in [0.3, 0.4) is 0 Å². The van der Waals surface area contributed by atoms with Crippen molar-refractivity contribution < 1.29 is 4.79 Å². The van der Waals surface area contributed by atoms with E-state index < -0.39 is 0 Å². The molecule has 2 fully saturated rings. The van der Waals surface area contributed by atoms with Crippen LogP contribution in [0, 0.1) is 5.92 Å². The van der Waals surface area contributed by atoms with Gasteiger partial charge >= 0.3 is 0 Å². The fourth-order valence-electron chi connectivity index (χ4n) is 2.74. The summed E-state index contributed by atoms with van der Waals surface area (Å²) in [5.41, 5.74) is 5.69. The van der Waals surface area contributed by atoms with Gasteiger partial charge in [0.05, 0.1) is 5.25 Å². The molecule has 0 aliphatic carbocycles. The first-order valence-electron chi connectivity index (χ1n) is 6.34. The van der Waals surface area contributed by atoms with Crippen LogP contribution in [0.4, 0.5) is 0 Å². The Bertz CT molecular complexity index is 253. The van der Waals surface area contributed by atoms with Crippen LogP contribution in [0.25, 0.3) is 0 Å². The Morgan fingerprint density at radius 1 is 1.50 bits per heavy atom. The highest BCUT2D eigenvalue weighted by molar-refractivity contribution is 8.00. The molecule has 0 bridgehead atoms. The van der Waals surface area contributed by atoms with Gasteiger partial charge in [0, 0.05) is 12.6 Å². The minimum atomic E-state index is 0.229. The highest BCUT2D eigenvalue weighted by Gasteiger charge is 2.35. The van der Waals surface area contributed by atoms with E-state index in [1.54, 1.807) is 0 Å². The lowest BCUT2D eigenvalue weighted by atomic mass is 10.1. The van der Waals surface area contributed by atoms with Crippen LogP contribution < -0.4 is 5.73 Å². The standard InChI is InChI=1S/C12H22N2OS/c1-9-6-10(7-13)8-14(9)12(15)11-4-2-3-5-16-11/h9-11H,2-8,13H2,1H3. The van der Waals surface area contributed by atoms with E-state index in [9.17, 15) is 4.79 Å². The number of rotatable bonds is 2. The molecular formula is C12H22N2OS. The van der Waals surface area contributed by atoms with E-state index in [2.05, 4.69) is 11.8 Å². The molecule has 16 heavy (non-hydrogen) atoms. The van der Waals surface area contributed by atoms with E-state index in [0.717, 1.165) is 25.1 Å². The van der Waals surface area contributed by atoms with Crippen molar-refractivity contribution in [2.24, 2.45) is 11.7 Å². The highest BCUT2D eigenvalue weighted by Crippen LogP contribution is 2.30. The van der Waals surface area contributed by atoms with Gasteiger partial charge in [-0.15, -0.1) is 11.8 Å². The van der Waals surface area contributed by atoms with E-state index in [0.29, 0.717) is 24.4 Å². The van der Waals surface area contributed by atoms with E-state index >= 15 is 0 Å². The molecule has 92 valence electrons. The summed E-state index contributed by atoms with van der Waals surface area (Å²) in [5, 5.41) is 0.229. The zero-order chi connectivity index (χ0) is 11.5. The average molecular weight is 242 g/mol. The maximum Gasteiger partial charge on any atom is 0.235 e. The lowest BCUT2D eigenvalue weighted by Gasteiger charge is -2.28. The summed E-state index contributed by atoms with van der Waals surface area (Å²) in [4.78, 5) is 14.4. The van der Waals surface area contributed by atoms with Crippen molar-refractivity contribution >= 4 is 17.7 Å². The second-order valence-electron chi connectivity index (χ2n) is 5.03. The highest BCUT2D eigenvalue weighted by atomic mass is 32.2. The molecule has 2 heterocycles. The first-order valence-corrected chi connectivity index (χ1v) is 7.39. The number of hydrogen-bond donors (Lipinski definition) is 1. The van der Waals surface area contributed by atoms with Crippen LogP contribution in [0.1, 0.15) is 32.6 Å². The van der Waals surface area contributed by atoms with Crippen molar-refractivity contribution in [2.75, 3.05) is 18.8 Å². The zero-order valence-electron chi connectivity index (χ0n) is 10.0. The van der Waals surface area contributed by atoms with Crippen molar-refractivity contribution in [3.05, 3.63) is 0 Å². The quantitative estimate of drug-likeness (QED) is 0.797. The predicted octanol–water partition coefficient (Wildman–Crippen LogP) is 1.47. The van der Waals surface area contributed by atoms with E-state index in [-0.39, 0.29) is 5.25 Å². The van der Waals surface area contributed by atoms with E-state index in [4.69, 9.17) is 5.73 Å². The Hall–Kier alpha value is -0.220. The molecule has 0 aromatic rings. The summed E-state index contributed by atoms with van der Waals surface area (Å²) >= 11 is 1.85. The number of hydrogen-bond acceptors (Lipinski definition) is 3. The van der Waals surface area contributed by atoms with Gasteiger partial charge in [-0.05, 0) is 44.4 Å². The van der Waals surface area contributed by atoms with Crippen LogP contribution in [0.2, 0.25) is 0 Å². The summed E-state index contributed by atoms with van der Waals surface area (Å²) in [6.45, 7) is 3.75. The third-order valence-corrected chi connectivity index (χ3v) is 5.10. The Morgan fingerprint density at radius 2 is 2.31 bits per heavy atom. The Labute approximate surface area is 102 Å². The molecule has 1 amide bonds. The fourth-order valence-corrected chi connectivity index (χ4v) is 4.01. The van der Waals surface area contributed by atoms with Crippen LogP contribution in [-0.2, 0) is 4.79 Å². The first-order chi connectivity index (χ1) is 7.72. The molecule has 0 spiro atoms. The summed E-state index contributed by atoms with van der Waals surface area (Å²) < 4.78 is 0.